The molecule has 0 fully saturated rings. The van der Waals surface area contributed by atoms with E-state index in [9.17, 15) is 0 Å². The van der Waals surface area contributed by atoms with Crippen molar-refractivity contribution in [3.05, 3.63) is 34.9 Å². The maximum Gasteiger partial charge on any atom is 0.0641 e. The Morgan fingerprint density at radius 3 is 2.85 bits per heavy atom. The van der Waals surface area contributed by atoms with E-state index >= 15 is 0 Å². The van der Waals surface area contributed by atoms with Gasteiger partial charge in [0.2, 0.25) is 0 Å². The van der Waals surface area contributed by atoms with Gasteiger partial charge in [0.1, 0.15) is 0 Å². The molecule has 1 aliphatic carbocycles. The van der Waals surface area contributed by atoms with Crippen LogP contribution in [0.5, 0.6) is 0 Å². The predicted octanol–water partition coefficient (Wildman–Crippen LogP) is 1.86. The van der Waals surface area contributed by atoms with Gasteiger partial charge in [-0.25, -0.2) is 0 Å². The van der Waals surface area contributed by atoms with E-state index in [1.807, 2.05) is 6.92 Å². The summed E-state index contributed by atoms with van der Waals surface area (Å²) in [6.07, 6.45) is 3.73. The predicted molar refractivity (Wildman–Crippen MR) is 54.9 cm³/mol. The number of fused-ring (bicyclic) bond motifs is 1. The molecule has 0 radical (unpaired) electrons. The summed E-state index contributed by atoms with van der Waals surface area (Å²) in [5.74, 6) is 5.24. The zero-order valence-electron chi connectivity index (χ0n) is 7.88. The summed E-state index contributed by atoms with van der Waals surface area (Å²) in [4.78, 5) is 0. The first-order chi connectivity index (χ1) is 6.31. The van der Waals surface area contributed by atoms with Crippen LogP contribution in [-0.4, -0.2) is 5.71 Å². The topological polar surface area (TPSA) is 38.4 Å². The monoisotopic (exact) mass is 174 g/mol. The van der Waals surface area contributed by atoms with Crippen LogP contribution in [0.1, 0.15) is 30.0 Å². The number of hydrazone groups is 1. The Kier molecular flexibility index (Phi) is 2.05. The number of nitrogens with zero attached hydrogens (tertiary/aromatic N) is 1. The van der Waals surface area contributed by atoms with Gasteiger partial charge in [-0.1, -0.05) is 12.1 Å². The van der Waals surface area contributed by atoms with Gasteiger partial charge < -0.3 is 5.84 Å². The summed E-state index contributed by atoms with van der Waals surface area (Å²) in [6.45, 7) is 1.94. The molecule has 68 valence electrons. The second-order valence-electron chi connectivity index (χ2n) is 3.55. The van der Waals surface area contributed by atoms with Crippen LogP contribution in [0, 0.1) is 0 Å². The number of hydrogen-bond acceptors (Lipinski definition) is 2. The van der Waals surface area contributed by atoms with Gasteiger partial charge in [0.25, 0.3) is 0 Å². The summed E-state index contributed by atoms with van der Waals surface area (Å²) >= 11 is 0. The van der Waals surface area contributed by atoms with E-state index in [1.165, 1.54) is 30.4 Å². The summed E-state index contributed by atoms with van der Waals surface area (Å²) in [7, 11) is 0. The molecule has 0 unspecified atom stereocenters. The van der Waals surface area contributed by atoms with Gasteiger partial charge in [0.05, 0.1) is 5.71 Å². The van der Waals surface area contributed by atoms with Crippen LogP contribution in [-0.2, 0) is 12.8 Å². The molecule has 2 rings (SSSR count). The Bertz CT molecular complexity index is 353. The molecule has 0 aromatic heterocycles. The first-order valence-electron chi connectivity index (χ1n) is 4.68. The molecule has 1 aromatic rings. The largest absolute Gasteiger partial charge is 0.323 e. The zero-order valence-corrected chi connectivity index (χ0v) is 7.88. The molecule has 2 heteroatoms. The average molecular weight is 174 g/mol. The highest BCUT2D eigenvalue weighted by Crippen LogP contribution is 2.22. The fourth-order valence-electron chi connectivity index (χ4n) is 1.87. The van der Waals surface area contributed by atoms with Gasteiger partial charge >= 0.3 is 0 Å². The molecule has 0 bridgehead atoms. The fraction of sp³-hybridized carbons (Fsp3) is 0.364. The fourth-order valence-corrected chi connectivity index (χ4v) is 1.87. The lowest BCUT2D eigenvalue weighted by Gasteiger charge is -2.03. The van der Waals surface area contributed by atoms with Crippen LogP contribution in [0.15, 0.2) is 23.3 Å². The zero-order chi connectivity index (χ0) is 9.26. The van der Waals surface area contributed by atoms with E-state index in [0.717, 1.165) is 11.3 Å². The maximum absolute atomic E-state index is 5.24. The summed E-state index contributed by atoms with van der Waals surface area (Å²) in [5, 5.41) is 3.70. The smallest absolute Gasteiger partial charge is 0.0641 e. The molecule has 0 aliphatic heterocycles. The molecule has 2 N–H and O–H groups in total. The number of benzene rings is 1. The molecular formula is C11H14N2. The molecule has 0 spiro atoms. The minimum atomic E-state index is 0.912. The van der Waals surface area contributed by atoms with Crippen molar-refractivity contribution in [1.82, 2.24) is 0 Å². The minimum Gasteiger partial charge on any atom is -0.323 e. The third kappa shape index (κ3) is 1.44. The average Bonchev–Trinajstić information content (AvgIpc) is 2.63. The number of aryl methyl sites for hydroxylation is 2. The Hall–Kier alpha value is -1.31. The van der Waals surface area contributed by atoms with Crippen LogP contribution >= 0.6 is 0 Å². The molecule has 0 saturated heterocycles. The van der Waals surface area contributed by atoms with Crippen LogP contribution in [0.3, 0.4) is 0 Å². The first kappa shape index (κ1) is 8.30. The maximum atomic E-state index is 5.24. The standard InChI is InChI=1S/C11H14N2/c1-8(13-12)10-6-5-9-3-2-4-11(9)7-10/h5-7H,2-4,12H2,1H3/b13-8-. The Morgan fingerprint density at radius 1 is 1.31 bits per heavy atom. The van der Waals surface area contributed by atoms with E-state index in [1.54, 1.807) is 0 Å². The number of hydrogen-bond donors (Lipinski definition) is 1. The van der Waals surface area contributed by atoms with Crippen molar-refractivity contribution in [2.45, 2.75) is 26.2 Å². The van der Waals surface area contributed by atoms with Crippen molar-refractivity contribution in [3.8, 4) is 0 Å². The van der Waals surface area contributed by atoms with Crippen molar-refractivity contribution in [2.24, 2.45) is 10.9 Å². The summed E-state index contributed by atoms with van der Waals surface area (Å²) in [6, 6.07) is 6.52. The summed E-state index contributed by atoms with van der Waals surface area (Å²) < 4.78 is 0. The molecule has 0 heterocycles. The Morgan fingerprint density at radius 2 is 2.08 bits per heavy atom. The van der Waals surface area contributed by atoms with Crippen molar-refractivity contribution in [1.29, 1.82) is 0 Å². The molecule has 1 aliphatic rings. The molecule has 13 heavy (non-hydrogen) atoms. The third-order valence-electron chi connectivity index (χ3n) is 2.71. The van der Waals surface area contributed by atoms with Gasteiger partial charge in [-0.3, -0.25) is 0 Å². The second kappa shape index (κ2) is 3.21. The van der Waals surface area contributed by atoms with E-state index in [0.29, 0.717) is 0 Å². The molecular weight excluding hydrogens is 160 g/mol. The first-order valence-corrected chi connectivity index (χ1v) is 4.68. The Balaban J connectivity index is 2.41. The number of rotatable bonds is 1. The Labute approximate surface area is 78.5 Å². The highest BCUT2D eigenvalue weighted by molar-refractivity contribution is 5.98. The van der Waals surface area contributed by atoms with Crippen molar-refractivity contribution < 1.29 is 0 Å². The molecule has 0 saturated carbocycles. The highest BCUT2D eigenvalue weighted by Gasteiger charge is 2.11. The van der Waals surface area contributed by atoms with Crippen LogP contribution in [0.25, 0.3) is 0 Å². The highest BCUT2D eigenvalue weighted by atomic mass is 15.1. The lowest BCUT2D eigenvalue weighted by Crippen LogP contribution is -1.99. The van der Waals surface area contributed by atoms with Crippen molar-refractivity contribution in [2.75, 3.05) is 0 Å². The van der Waals surface area contributed by atoms with Crippen LogP contribution in [0.2, 0.25) is 0 Å². The van der Waals surface area contributed by atoms with Crippen molar-refractivity contribution >= 4 is 5.71 Å². The van der Waals surface area contributed by atoms with Crippen LogP contribution in [0.4, 0.5) is 0 Å². The van der Waals surface area contributed by atoms with E-state index < -0.39 is 0 Å². The molecule has 0 amide bonds. The van der Waals surface area contributed by atoms with Gasteiger partial charge in [-0.2, -0.15) is 5.10 Å². The van der Waals surface area contributed by atoms with Crippen LogP contribution < -0.4 is 5.84 Å². The minimum absolute atomic E-state index is 0.912. The van der Waals surface area contributed by atoms with Gasteiger partial charge in [-0.15, -0.1) is 0 Å². The van der Waals surface area contributed by atoms with Gasteiger partial charge in [-0.05, 0) is 48.9 Å². The van der Waals surface area contributed by atoms with E-state index in [4.69, 9.17) is 5.84 Å². The number of nitrogens with two attached hydrogens (primary N) is 1. The quantitative estimate of drug-likeness (QED) is 0.394. The van der Waals surface area contributed by atoms with Gasteiger partial charge in [0.15, 0.2) is 0 Å². The van der Waals surface area contributed by atoms with E-state index in [2.05, 4.69) is 23.3 Å². The summed E-state index contributed by atoms with van der Waals surface area (Å²) in [5.41, 5.74) is 5.03. The molecule has 2 nitrogen and oxygen atoms in total. The van der Waals surface area contributed by atoms with Crippen molar-refractivity contribution in [3.63, 3.8) is 0 Å². The molecule has 1 aromatic carbocycles. The second-order valence-corrected chi connectivity index (χ2v) is 3.55. The lowest BCUT2D eigenvalue weighted by atomic mass is 10.0. The third-order valence-corrected chi connectivity index (χ3v) is 2.71. The normalized spacial score (nSPS) is 15.9. The van der Waals surface area contributed by atoms with Gasteiger partial charge in [0, 0.05) is 0 Å². The molecule has 0 atom stereocenters. The van der Waals surface area contributed by atoms with E-state index in [-0.39, 0.29) is 0 Å². The lowest BCUT2D eigenvalue weighted by molar-refractivity contribution is 0.912. The SMILES string of the molecule is C/C(=N/N)c1ccc2c(c1)CCC2.